The van der Waals surface area contributed by atoms with E-state index in [0.717, 1.165) is 10.5 Å². The van der Waals surface area contributed by atoms with Gasteiger partial charge >= 0.3 is 0 Å². The van der Waals surface area contributed by atoms with Crippen LogP contribution >= 0.6 is 35.1 Å². The summed E-state index contributed by atoms with van der Waals surface area (Å²) in [6.07, 6.45) is 0. The fourth-order valence-corrected chi connectivity index (χ4v) is 2.49. The molecule has 0 fully saturated rings. The Morgan fingerprint density at radius 3 is 2.73 bits per heavy atom. The van der Waals surface area contributed by atoms with Crippen molar-refractivity contribution in [2.24, 2.45) is 0 Å². The zero-order chi connectivity index (χ0) is 7.90. The molecule has 1 nitrogen and oxygen atoms in total. The first-order chi connectivity index (χ1) is 5.20. The molecular weight excluding hydrogens is 201 g/mol. The smallest absolute Gasteiger partial charge is 0.204 e. The van der Waals surface area contributed by atoms with E-state index >= 15 is 0 Å². The maximum absolute atomic E-state index is 5.93. The average molecular weight is 206 g/mol. The van der Waals surface area contributed by atoms with Crippen molar-refractivity contribution in [1.29, 1.82) is 0 Å². The molecule has 0 saturated heterocycles. The third-order valence-corrected chi connectivity index (χ3v) is 3.32. The van der Waals surface area contributed by atoms with E-state index in [-0.39, 0.29) is 0 Å². The fraction of sp³-hybridized carbons (Fsp3) is 0.143. The normalized spacial score (nSPS) is 19.8. The van der Waals surface area contributed by atoms with E-state index in [1.807, 2.05) is 24.3 Å². The number of rotatable bonds is 0. The number of alkyl halides is 2. The largest absolute Gasteiger partial charge is 0.223 e. The minimum absolute atomic E-state index is 0.915. The van der Waals surface area contributed by atoms with Crippen LogP contribution in [0, 0.1) is 0 Å². The Morgan fingerprint density at radius 2 is 2.00 bits per heavy atom. The van der Waals surface area contributed by atoms with Gasteiger partial charge in [-0.3, -0.25) is 0 Å². The van der Waals surface area contributed by atoms with Gasteiger partial charge in [-0.2, -0.15) is 0 Å². The van der Waals surface area contributed by atoms with E-state index in [0.29, 0.717) is 0 Å². The summed E-state index contributed by atoms with van der Waals surface area (Å²) in [6.45, 7) is 0. The summed E-state index contributed by atoms with van der Waals surface area (Å²) in [7, 11) is 0. The van der Waals surface area contributed by atoms with E-state index in [9.17, 15) is 0 Å². The quantitative estimate of drug-likeness (QED) is 0.398. The molecule has 0 spiro atoms. The Kier molecular flexibility index (Phi) is 1.80. The van der Waals surface area contributed by atoms with Gasteiger partial charge in [0.2, 0.25) is 4.46 Å². The van der Waals surface area contributed by atoms with Gasteiger partial charge in [-0.15, -0.1) is 0 Å². The molecule has 1 aromatic carbocycles. The van der Waals surface area contributed by atoms with Gasteiger partial charge in [0.15, 0.2) is 0 Å². The molecule has 1 aliphatic heterocycles. The van der Waals surface area contributed by atoms with Crippen LogP contribution in [0.1, 0.15) is 5.56 Å². The molecule has 0 aromatic heterocycles. The highest BCUT2D eigenvalue weighted by atomic mass is 35.5. The first-order valence-electron chi connectivity index (χ1n) is 3.11. The molecule has 0 unspecified atom stereocenters. The number of hydrogen-bond donors (Lipinski definition) is 1. The molecule has 1 heterocycles. The molecule has 0 radical (unpaired) electrons. The molecule has 0 saturated carbocycles. The zero-order valence-electron chi connectivity index (χ0n) is 5.47. The van der Waals surface area contributed by atoms with Crippen molar-refractivity contribution < 1.29 is 0 Å². The molecule has 0 atom stereocenters. The van der Waals surface area contributed by atoms with Gasteiger partial charge < -0.3 is 0 Å². The van der Waals surface area contributed by atoms with E-state index in [1.54, 1.807) is 0 Å². The van der Waals surface area contributed by atoms with Crippen LogP contribution in [0.4, 0.5) is 0 Å². The predicted molar refractivity (Wildman–Crippen MR) is 48.8 cm³/mol. The fourth-order valence-electron chi connectivity index (χ4n) is 0.989. The monoisotopic (exact) mass is 205 g/mol. The standard InChI is InChI=1S/C7H5Cl2NS/c8-7(9)5-3-1-2-4-6(5)11-10-7/h1-4,10H. The Labute approximate surface area is 79.2 Å². The third kappa shape index (κ3) is 1.25. The van der Waals surface area contributed by atoms with Crippen molar-refractivity contribution in [2.75, 3.05) is 0 Å². The number of fused-ring (bicyclic) bond motifs is 1. The summed E-state index contributed by atoms with van der Waals surface area (Å²) in [6, 6.07) is 7.79. The maximum atomic E-state index is 5.93. The summed E-state index contributed by atoms with van der Waals surface area (Å²) in [5.74, 6) is 0. The van der Waals surface area contributed by atoms with Gasteiger partial charge in [0, 0.05) is 10.5 Å². The lowest BCUT2D eigenvalue weighted by Crippen LogP contribution is -2.19. The van der Waals surface area contributed by atoms with Crippen molar-refractivity contribution in [3.63, 3.8) is 0 Å². The van der Waals surface area contributed by atoms with Crippen LogP contribution in [0.3, 0.4) is 0 Å². The summed E-state index contributed by atoms with van der Waals surface area (Å²) in [5.41, 5.74) is 0.938. The van der Waals surface area contributed by atoms with Crippen LogP contribution in [0.2, 0.25) is 0 Å². The molecule has 2 rings (SSSR count). The summed E-state index contributed by atoms with van der Waals surface area (Å²) < 4.78 is 1.99. The molecule has 0 aliphatic carbocycles. The first-order valence-corrected chi connectivity index (χ1v) is 4.69. The third-order valence-electron chi connectivity index (χ3n) is 1.51. The van der Waals surface area contributed by atoms with Gasteiger partial charge in [-0.1, -0.05) is 41.4 Å². The topological polar surface area (TPSA) is 12.0 Å². The molecule has 0 bridgehead atoms. The number of nitrogens with one attached hydrogen (secondary N) is 1. The minimum Gasteiger partial charge on any atom is -0.223 e. The van der Waals surface area contributed by atoms with E-state index in [2.05, 4.69) is 4.72 Å². The molecule has 4 heteroatoms. The van der Waals surface area contributed by atoms with Crippen molar-refractivity contribution >= 4 is 35.1 Å². The second kappa shape index (κ2) is 2.56. The Balaban J connectivity index is 2.56. The molecule has 58 valence electrons. The van der Waals surface area contributed by atoms with E-state index in [1.165, 1.54) is 11.9 Å². The van der Waals surface area contributed by atoms with Crippen molar-refractivity contribution in [2.45, 2.75) is 9.35 Å². The highest BCUT2D eigenvalue weighted by Crippen LogP contribution is 2.44. The second-order valence-electron chi connectivity index (χ2n) is 2.27. The molecule has 1 aliphatic rings. The highest BCUT2D eigenvalue weighted by molar-refractivity contribution is 7.97. The Morgan fingerprint density at radius 1 is 1.27 bits per heavy atom. The van der Waals surface area contributed by atoms with Crippen molar-refractivity contribution in [1.82, 2.24) is 4.72 Å². The number of hydrogen-bond acceptors (Lipinski definition) is 2. The lowest BCUT2D eigenvalue weighted by atomic mass is 10.2. The number of benzene rings is 1. The Hall–Kier alpha value is 0.110. The summed E-state index contributed by atoms with van der Waals surface area (Å²) >= 11 is 13.3. The molecule has 11 heavy (non-hydrogen) atoms. The molecule has 1 aromatic rings. The SMILES string of the molecule is ClC1(Cl)NSc2ccccc21. The lowest BCUT2D eigenvalue weighted by molar-refractivity contribution is 0.852. The van der Waals surface area contributed by atoms with E-state index in [4.69, 9.17) is 23.2 Å². The number of halogens is 2. The van der Waals surface area contributed by atoms with Crippen LogP contribution in [0.15, 0.2) is 29.2 Å². The van der Waals surface area contributed by atoms with Crippen LogP contribution in [-0.4, -0.2) is 0 Å². The van der Waals surface area contributed by atoms with Crippen LogP contribution in [0.25, 0.3) is 0 Å². The van der Waals surface area contributed by atoms with Crippen LogP contribution in [-0.2, 0) is 4.46 Å². The average Bonchev–Trinajstić information content (AvgIpc) is 2.29. The van der Waals surface area contributed by atoms with Crippen molar-refractivity contribution in [3.05, 3.63) is 29.8 Å². The second-order valence-corrected chi connectivity index (χ2v) is 4.45. The van der Waals surface area contributed by atoms with Gasteiger partial charge in [0.05, 0.1) is 0 Å². The van der Waals surface area contributed by atoms with E-state index < -0.39 is 4.46 Å². The molecule has 0 amide bonds. The molecular formula is C7H5Cl2NS. The Bertz CT molecular complexity index is 288. The van der Waals surface area contributed by atoms with Gasteiger partial charge in [0.1, 0.15) is 0 Å². The minimum atomic E-state index is -0.915. The van der Waals surface area contributed by atoms with Gasteiger partial charge in [0.25, 0.3) is 0 Å². The lowest BCUT2D eigenvalue weighted by Gasteiger charge is -2.11. The zero-order valence-corrected chi connectivity index (χ0v) is 7.80. The highest BCUT2D eigenvalue weighted by Gasteiger charge is 2.34. The summed E-state index contributed by atoms with van der Waals surface area (Å²) in [5, 5.41) is 0. The van der Waals surface area contributed by atoms with Gasteiger partial charge in [-0.05, 0) is 18.0 Å². The maximum Gasteiger partial charge on any atom is 0.204 e. The first kappa shape index (κ1) is 7.74. The van der Waals surface area contributed by atoms with Crippen LogP contribution in [0.5, 0.6) is 0 Å². The molecule has 1 N–H and O–H groups in total. The van der Waals surface area contributed by atoms with Gasteiger partial charge in [-0.25, -0.2) is 4.72 Å². The summed E-state index contributed by atoms with van der Waals surface area (Å²) in [4.78, 5) is 1.09. The van der Waals surface area contributed by atoms with Crippen LogP contribution < -0.4 is 4.72 Å². The van der Waals surface area contributed by atoms with Crippen molar-refractivity contribution in [3.8, 4) is 0 Å². The predicted octanol–water partition coefficient (Wildman–Crippen LogP) is 2.88.